The second-order valence-electron chi connectivity index (χ2n) is 3.99. The van der Waals surface area contributed by atoms with Gasteiger partial charge in [-0.3, -0.25) is 0 Å². The molecular weight excluding hydrogens is 240 g/mol. The molecule has 0 radical (unpaired) electrons. The SMILES string of the molecule is CCOc1ncccc1NCc1cccc(OC)c1. The minimum absolute atomic E-state index is 0.602. The Balaban J connectivity index is 2.05. The van der Waals surface area contributed by atoms with Crippen molar-refractivity contribution in [2.45, 2.75) is 13.5 Å². The molecule has 2 rings (SSSR count). The molecule has 1 aromatic heterocycles. The summed E-state index contributed by atoms with van der Waals surface area (Å²) in [6.45, 7) is 3.24. The Hall–Kier alpha value is -2.23. The van der Waals surface area contributed by atoms with Crippen molar-refractivity contribution in [2.24, 2.45) is 0 Å². The van der Waals surface area contributed by atoms with Gasteiger partial charge in [0.25, 0.3) is 0 Å². The maximum atomic E-state index is 5.47. The molecule has 1 N–H and O–H groups in total. The van der Waals surface area contributed by atoms with Crippen molar-refractivity contribution in [1.82, 2.24) is 4.98 Å². The minimum atomic E-state index is 0.602. The van der Waals surface area contributed by atoms with Crippen molar-refractivity contribution in [2.75, 3.05) is 19.0 Å². The fourth-order valence-electron chi connectivity index (χ4n) is 1.76. The summed E-state index contributed by atoms with van der Waals surface area (Å²) in [7, 11) is 1.67. The molecule has 0 amide bonds. The first-order valence-corrected chi connectivity index (χ1v) is 6.28. The lowest BCUT2D eigenvalue weighted by Gasteiger charge is -2.11. The molecule has 2 aromatic rings. The number of ether oxygens (including phenoxy) is 2. The van der Waals surface area contributed by atoms with Gasteiger partial charge in [0.2, 0.25) is 5.88 Å². The molecule has 0 aliphatic rings. The second-order valence-corrected chi connectivity index (χ2v) is 3.99. The number of benzene rings is 1. The minimum Gasteiger partial charge on any atom is -0.497 e. The fourth-order valence-corrected chi connectivity index (χ4v) is 1.76. The van der Waals surface area contributed by atoms with Crippen molar-refractivity contribution < 1.29 is 9.47 Å². The second kappa shape index (κ2) is 6.64. The molecule has 0 bridgehead atoms. The Bertz CT molecular complexity index is 529. The predicted octanol–water partition coefficient (Wildman–Crippen LogP) is 3.10. The number of nitrogens with zero attached hydrogens (tertiary/aromatic N) is 1. The molecule has 4 nitrogen and oxygen atoms in total. The number of methoxy groups -OCH3 is 1. The zero-order valence-electron chi connectivity index (χ0n) is 11.2. The first-order valence-electron chi connectivity index (χ1n) is 6.28. The molecular formula is C15H18N2O2. The van der Waals surface area contributed by atoms with Crippen LogP contribution in [0.3, 0.4) is 0 Å². The van der Waals surface area contributed by atoms with E-state index >= 15 is 0 Å². The van der Waals surface area contributed by atoms with Crippen LogP contribution in [0.15, 0.2) is 42.6 Å². The molecule has 0 aliphatic carbocycles. The van der Waals surface area contributed by atoms with Gasteiger partial charge in [0, 0.05) is 12.7 Å². The van der Waals surface area contributed by atoms with Crippen LogP contribution in [-0.4, -0.2) is 18.7 Å². The molecule has 1 aromatic carbocycles. The van der Waals surface area contributed by atoms with Crippen LogP contribution >= 0.6 is 0 Å². The van der Waals surface area contributed by atoms with Gasteiger partial charge in [0.15, 0.2) is 0 Å². The molecule has 0 saturated carbocycles. The number of pyridine rings is 1. The third-order valence-corrected chi connectivity index (χ3v) is 2.67. The van der Waals surface area contributed by atoms with E-state index in [4.69, 9.17) is 9.47 Å². The van der Waals surface area contributed by atoms with Crippen molar-refractivity contribution >= 4 is 5.69 Å². The zero-order chi connectivity index (χ0) is 13.5. The van der Waals surface area contributed by atoms with Crippen LogP contribution in [0.1, 0.15) is 12.5 Å². The van der Waals surface area contributed by atoms with E-state index in [9.17, 15) is 0 Å². The largest absolute Gasteiger partial charge is 0.497 e. The highest BCUT2D eigenvalue weighted by Gasteiger charge is 2.03. The maximum absolute atomic E-state index is 5.47. The van der Waals surface area contributed by atoms with Crippen LogP contribution in [0.4, 0.5) is 5.69 Å². The van der Waals surface area contributed by atoms with Gasteiger partial charge in [-0.05, 0) is 36.8 Å². The van der Waals surface area contributed by atoms with Crippen molar-refractivity contribution in [1.29, 1.82) is 0 Å². The summed E-state index contributed by atoms with van der Waals surface area (Å²) in [6.07, 6.45) is 1.72. The molecule has 0 unspecified atom stereocenters. The van der Waals surface area contributed by atoms with Crippen molar-refractivity contribution in [3.8, 4) is 11.6 Å². The average Bonchev–Trinajstić information content (AvgIpc) is 2.47. The number of hydrogen-bond acceptors (Lipinski definition) is 4. The number of aromatic nitrogens is 1. The summed E-state index contributed by atoms with van der Waals surface area (Å²) >= 11 is 0. The number of nitrogens with one attached hydrogen (secondary N) is 1. The van der Waals surface area contributed by atoms with Crippen LogP contribution in [0.5, 0.6) is 11.6 Å². The molecule has 1 heterocycles. The standard InChI is InChI=1S/C15H18N2O2/c1-3-19-15-14(8-5-9-16-15)17-11-12-6-4-7-13(10-12)18-2/h4-10,17H,3,11H2,1-2H3. The Morgan fingerprint density at radius 2 is 2.11 bits per heavy atom. The average molecular weight is 258 g/mol. The number of anilines is 1. The Labute approximate surface area is 113 Å². The summed E-state index contributed by atoms with van der Waals surface area (Å²) < 4.78 is 10.7. The predicted molar refractivity (Wildman–Crippen MR) is 75.7 cm³/mol. The molecule has 100 valence electrons. The van der Waals surface area contributed by atoms with E-state index in [0.29, 0.717) is 19.0 Å². The summed E-state index contributed by atoms with van der Waals surface area (Å²) in [5.41, 5.74) is 2.04. The third kappa shape index (κ3) is 3.61. The zero-order valence-corrected chi connectivity index (χ0v) is 11.2. The van der Waals surface area contributed by atoms with Gasteiger partial charge in [-0.15, -0.1) is 0 Å². The highest BCUT2D eigenvalue weighted by molar-refractivity contribution is 5.52. The van der Waals surface area contributed by atoms with E-state index in [1.54, 1.807) is 13.3 Å². The van der Waals surface area contributed by atoms with E-state index in [0.717, 1.165) is 17.0 Å². The highest BCUT2D eigenvalue weighted by atomic mass is 16.5. The van der Waals surface area contributed by atoms with Gasteiger partial charge < -0.3 is 14.8 Å². The highest BCUT2D eigenvalue weighted by Crippen LogP contribution is 2.21. The van der Waals surface area contributed by atoms with E-state index in [2.05, 4.69) is 10.3 Å². The molecule has 0 aliphatic heterocycles. The maximum Gasteiger partial charge on any atom is 0.237 e. The van der Waals surface area contributed by atoms with Crippen molar-refractivity contribution in [3.05, 3.63) is 48.2 Å². The fraction of sp³-hybridized carbons (Fsp3) is 0.267. The first-order chi connectivity index (χ1) is 9.33. The lowest BCUT2D eigenvalue weighted by Crippen LogP contribution is -2.04. The molecule has 0 atom stereocenters. The first kappa shape index (κ1) is 13.2. The molecule has 0 fully saturated rings. The summed E-state index contributed by atoms with van der Waals surface area (Å²) in [6, 6.07) is 11.8. The van der Waals surface area contributed by atoms with Crippen LogP contribution < -0.4 is 14.8 Å². The lowest BCUT2D eigenvalue weighted by molar-refractivity contribution is 0.328. The van der Waals surface area contributed by atoms with Crippen LogP contribution in [0, 0.1) is 0 Å². The van der Waals surface area contributed by atoms with Gasteiger partial charge in [0.05, 0.1) is 19.4 Å². The Morgan fingerprint density at radius 1 is 1.21 bits per heavy atom. The Kier molecular flexibility index (Phi) is 4.61. The monoisotopic (exact) mass is 258 g/mol. The molecule has 0 spiro atoms. The van der Waals surface area contributed by atoms with E-state index < -0.39 is 0 Å². The van der Waals surface area contributed by atoms with Gasteiger partial charge >= 0.3 is 0 Å². The lowest BCUT2D eigenvalue weighted by atomic mass is 10.2. The smallest absolute Gasteiger partial charge is 0.237 e. The molecule has 4 heteroatoms. The summed E-state index contributed by atoms with van der Waals surface area (Å²) in [5.74, 6) is 1.49. The molecule has 19 heavy (non-hydrogen) atoms. The molecule has 0 saturated heterocycles. The van der Waals surface area contributed by atoms with Gasteiger partial charge in [-0.25, -0.2) is 4.98 Å². The third-order valence-electron chi connectivity index (χ3n) is 2.67. The summed E-state index contributed by atoms with van der Waals surface area (Å²) in [4.78, 5) is 4.21. The van der Waals surface area contributed by atoms with E-state index in [-0.39, 0.29) is 0 Å². The summed E-state index contributed by atoms with van der Waals surface area (Å²) in [5, 5.41) is 3.32. The van der Waals surface area contributed by atoms with Gasteiger partial charge in [-0.1, -0.05) is 12.1 Å². The number of rotatable bonds is 6. The van der Waals surface area contributed by atoms with E-state index in [1.807, 2.05) is 43.3 Å². The van der Waals surface area contributed by atoms with Gasteiger partial charge in [-0.2, -0.15) is 0 Å². The normalized spacial score (nSPS) is 10.0. The van der Waals surface area contributed by atoms with E-state index in [1.165, 1.54) is 0 Å². The van der Waals surface area contributed by atoms with Gasteiger partial charge in [0.1, 0.15) is 5.75 Å². The Morgan fingerprint density at radius 3 is 2.89 bits per heavy atom. The van der Waals surface area contributed by atoms with Crippen LogP contribution in [0.25, 0.3) is 0 Å². The quantitative estimate of drug-likeness (QED) is 0.864. The van der Waals surface area contributed by atoms with Crippen LogP contribution in [0.2, 0.25) is 0 Å². The number of hydrogen-bond donors (Lipinski definition) is 1. The van der Waals surface area contributed by atoms with Crippen molar-refractivity contribution in [3.63, 3.8) is 0 Å². The topological polar surface area (TPSA) is 43.4 Å². The van der Waals surface area contributed by atoms with Crippen LogP contribution in [-0.2, 0) is 6.54 Å².